The molecular formula is C12H8BrClN2OS. The summed E-state index contributed by atoms with van der Waals surface area (Å²) in [5.74, 6) is 1.21. The fourth-order valence-electron chi connectivity index (χ4n) is 1.34. The van der Waals surface area contributed by atoms with E-state index in [-0.39, 0.29) is 0 Å². The van der Waals surface area contributed by atoms with Crippen LogP contribution in [0.25, 0.3) is 0 Å². The number of benzene rings is 1. The van der Waals surface area contributed by atoms with Gasteiger partial charge in [-0.1, -0.05) is 23.8 Å². The molecule has 0 aliphatic heterocycles. The normalized spacial score (nSPS) is 10.1. The van der Waals surface area contributed by atoms with Crippen molar-refractivity contribution < 1.29 is 4.74 Å². The fourth-order valence-corrected chi connectivity index (χ4v) is 2.39. The number of pyridine rings is 1. The van der Waals surface area contributed by atoms with Crippen LogP contribution >= 0.6 is 39.7 Å². The highest BCUT2D eigenvalue weighted by molar-refractivity contribution is 9.10. The summed E-state index contributed by atoms with van der Waals surface area (Å²) in [6.45, 7) is 0. The Morgan fingerprint density at radius 2 is 2.06 bits per heavy atom. The van der Waals surface area contributed by atoms with Gasteiger partial charge in [0.15, 0.2) is 0 Å². The molecule has 2 aromatic rings. The Morgan fingerprint density at radius 3 is 2.67 bits per heavy atom. The SMILES string of the molecule is NC(=S)c1ccc(Oc2cncc(Cl)c2)cc1Br. The van der Waals surface area contributed by atoms with Gasteiger partial charge < -0.3 is 10.5 Å². The van der Waals surface area contributed by atoms with E-state index < -0.39 is 0 Å². The van der Waals surface area contributed by atoms with Gasteiger partial charge in [-0.25, -0.2) is 0 Å². The lowest BCUT2D eigenvalue weighted by molar-refractivity contribution is 0.480. The summed E-state index contributed by atoms with van der Waals surface area (Å²) in [5.41, 5.74) is 6.34. The van der Waals surface area contributed by atoms with Gasteiger partial charge in [0.05, 0.1) is 11.2 Å². The van der Waals surface area contributed by atoms with Crippen molar-refractivity contribution in [2.24, 2.45) is 5.73 Å². The van der Waals surface area contributed by atoms with E-state index in [0.717, 1.165) is 10.0 Å². The molecule has 1 aromatic carbocycles. The van der Waals surface area contributed by atoms with Crippen molar-refractivity contribution in [3.05, 3.63) is 51.7 Å². The second-order valence-electron chi connectivity index (χ2n) is 3.45. The maximum absolute atomic E-state index is 5.82. The molecule has 0 amide bonds. The number of halogens is 2. The molecule has 6 heteroatoms. The number of hydrogen-bond acceptors (Lipinski definition) is 3. The van der Waals surface area contributed by atoms with Gasteiger partial charge in [-0.15, -0.1) is 0 Å². The third-order valence-electron chi connectivity index (χ3n) is 2.12. The van der Waals surface area contributed by atoms with Crippen LogP contribution in [0.4, 0.5) is 0 Å². The maximum Gasteiger partial charge on any atom is 0.147 e. The third-order valence-corrected chi connectivity index (χ3v) is 3.20. The average Bonchev–Trinajstić information content (AvgIpc) is 2.28. The quantitative estimate of drug-likeness (QED) is 0.858. The highest BCUT2D eigenvalue weighted by atomic mass is 79.9. The van der Waals surface area contributed by atoms with Crippen LogP contribution in [0, 0.1) is 0 Å². The number of aromatic nitrogens is 1. The molecule has 0 unspecified atom stereocenters. The number of thiocarbonyl (C=S) groups is 1. The molecule has 0 aliphatic rings. The Hall–Kier alpha value is -1.17. The van der Waals surface area contributed by atoms with E-state index in [4.69, 9.17) is 34.3 Å². The van der Waals surface area contributed by atoms with E-state index in [2.05, 4.69) is 20.9 Å². The molecule has 0 saturated heterocycles. The lowest BCUT2D eigenvalue weighted by Crippen LogP contribution is -2.09. The molecular weight excluding hydrogens is 336 g/mol. The monoisotopic (exact) mass is 342 g/mol. The molecule has 1 heterocycles. The standard InChI is InChI=1S/C12H8BrClN2OS/c13-11-4-8(1-2-10(11)12(15)18)17-9-3-7(14)5-16-6-9/h1-6H,(H2,15,18). The molecule has 0 fully saturated rings. The number of ether oxygens (including phenoxy) is 1. The van der Waals surface area contributed by atoms with Crippen LogP contribution in [0.2, 0.25) is 5.02 Å². The lowest BCUT2D eigenvalue weighted by Gasteiger charge is -2.08. The molecule has 92 valence electrons. The first-order valence-corrected chi connectivity index (χ1v) is 6.52. The number of nitrogens with two attached hydrogens (primary N) is 1. The number of nitrogens with zero attached hydrogens (tertiary/aromatic N) is 1. The highest BCUT2D eigenvalue weighted by Gasteiger charge is 2.05. The predicted octanol–water partition coefficient (Wildman–Crippen LogP) is 3.92. The summed E-state index contributed by atoms with van der Waals surface area (Å²) < 4.78 is 6.39. The van der Waals surface area contributed by atoms with Crippen molar-refractivity contribution in [3.8, 4) is 11.5 Å². The first-order chi connectivity index (χ1) is 8.56. The number of hydrogen-bond donors (Lipinski definition) is 1. The largest absolute Gasteiger partial charge is 0.456 e. The van der Waals surface area contributed by atoms with E-state index in [1.807, 2.05) is 0 Å². The first-order valence-electron chi connectivity index (χ1n) is 4.94. The Labute approximate surface area is 123 Å². The Balaban J connectivity index is 2.25. The van der Waals surface area contributed by atoms with Gasteiger partial charge in [0.1, 0.15) is 16.5 Å². The molecule has 0 radical (unpaired) electrons. The van der Waals surface area contributed by atoms with E-state index in [9.17, 15) is 0 Å². The summed E-state index contributed by atoms with van der Waals surface area (Å²) in [6.07, 6.45) is 3.13. The average molecular weight is 344 g/mol. The second kappa shape index (κ2) is 5.65. The molecule has 3 nitrogen and oxygen atoms in total. The van der Waals surface area contributed by atoms with Gasteiger partial charge in [-0.05, 0) is 34.1 Å². The van der Waals surface area contributed by atoms with Gasteiger partial charge in [-0.2, -0.15) is 0 Å². The van der Waals surface area contributed by atoms with Crippen LogP contribution in [-0.2, 0) is 0 Å². The highest BCUT2D eigenvalue weighted by Crippen LogP contribution is 2.27. The van der Waals surface area contributed by atoms with Gasteiger partial charge in [0.25, 0.3) is 0 Å². The lowest BCUT2D eigenvalue weighted by atomic mass is 10.2. The zero-order valence-electron chi connectivity index (χ0n) is 9.06. The summed E-state index contributed by atoms with van der Waals surface area (Å²) in [7, 11) is 0. The topological polar surface area (TPSA) is 48.1 Å². The minimum Gasteiger partial charge on any atom is -0.456 e. The maximum atomic E-state index is 5.82. The Bertz CT molecular complexity index is 606. The summed E-state index contributed by atoms with van der Waals surface area (Å²) in [5, 5.41) is 0.520. The van der Waals surface area contributed by atoms with Crippen molar-refractivity contribution in [2.45, 2.75) is 0 Å². The van der Waals surface area contributed by atoms with E-state index in [0.29, 0.717) is 21.5 Å². The fraction of sp³-hybridized carbons (Fsp3) is 0. The number of rotatable bonds is 3. The predicted molar refractivity (Wildman–Crippen MR) is 79.4 cm³/mol. The molecule has 1 aromatic heterocycles. The first kappa shape index (κ1) is 13.3. The van der Waals surface area contributed by atoms with Crippen molar-refractivity contribution in [1.29, 1.82) is 0 Å². The van der Waals surface area contributed by atoms with Gasteiger partial charge in [0.2, 0.25) is 0 Å². The molecule has 2 N–H and O–H groups in total. The minimum atomic E-state index is 0.331. The smallest absolute Gasteiger partial charge is 0.147 e. The zero-order chi connectivity index (χ0) is 13.1. The van der Waals surface area contributed by atoms with Gasteiger partial charge in [-0.3, -0.25) is 4.98 Å². The van der Waals surface area contributed by atoms with Crippen molar-refractivity contribution in [2.75, 3.05) is 0 Å². The molecule has 0 spiro atoms. The molecule has 0 saturated carbocycles. The molecule has 0 aliphatic carbocycles. The van der Waals surface area contributed by atoms with Crippen LogP contribution in [0.1, 0.15) is 5.56 Å². The summed E-state index contributed by atoms with van der Waals surface area (Å²) in [6, 6.07) is 7.04. The van der Waals surface area contributed by atoms with Gasteiger partial charge in [0, 0.05) is 22.3 Å². The zero-order valence-corrected chi connectivity index (χ0v) is 12.2. The van der Waals surface area contributed by atoms with Gasteiger partial charge >= 0.3 is 0 Å². The Morgan fingerprint density at radius 1 is 1.28 bits per heavy atom. The van der Waals surface area contributed by atoms with E-state index in [1.165, 1.54) is 0 Å². The molecule has 18 heavy (non-hydrogen) atoms. The van der Waals surface area contributed by atoms with Crippen LogP contribution in [0.5, 0.6) is 11.5 Å². The van der Waals surface area contributed by atoms with Crippen LogP contribution in [0.15, 0.2) is 41.1 Å². The third kappa shape index (κ3) is 3.19. The van der Waals surface area contributed by atoms with Crippen molar-refractivity contribution >= 4 is 44.7 Å². The summed E-state index contributed by atoms with van der Waals surface area (Å²) >= 11 is 14.1. The molecule has 2 rings (SSSR count). The van der Waals surface area contributed by atoms with E-state index in [1.54, 1.807) is 36.7 Å². The van der Waals surface area contributed by atoms with Crippen LogP contribution < -0.4 is 10.5 Å². The molecule has 0 bridgehead atoms. The second-order valence-corrected chi connectivity index (χ2v) is 5.18. The Kier molecular flexibility index (Phi) is 4.16. The van der Waals surface area contributed by atoms with Crippen molar-refractivity contribution in [3.63, 3.8) is 0 Å². The van der Waals surface area contributed by atoms with Crippen LogP contribution in [0.3, 0.4) is 0 Å². The van der Waals surface area contributed by atoms with Crippen molar-refractivity contribution in [1.82, 2.24) is 4.98 Å². The minimum absolute atomic E-state index is 0.331. The van der Waals surface area contributed by atoms with Crippen LogP contribution in [-0.4, -0.2) is 9.97 Å². The summed E-state index contributed by atoms with van der Waals surface area (Å²) in [4.78, 5) is 4.27. The molecule has 0 atom stereocenters. The van der Waals surface area contributed by atoms with E-state index >= 15 is 0 Å².